The van der Waals surface area contributed by atoms with Gasteiger partial charge in [0.1, 0.15) is 5.82 Å². The number of hydrogen-bond acceptors (Lipinski definition) is 4. The highest BCUT2D eigenvalue weighted by molar-refractivity contribution is 6.33. The first-order chi connectivity index (χ1) is 8.91. The lowest BCUT2D eigenvalue weighted by atomic mass is 10.2. The summed E-state index contributed by atoms with van der Waals surface area (Å²) in [5.41, 5.74) is -0.0171. The van der Waals surface area contributed by atoms with Crippen molar-refractivity contribution in [2.45, 2.75) is 0 Å². The third-order valence-electron chi connectivity index (χ3n) is 2.20. The highest BCUT2D eigenvalue weighted by Gasteiger charge is 2.10. The first-order valence-corrected chi connectivity index (χ1v) is 5.87. The molecule has 2 amide bonds. The van der Waals surface area contributed by atoms with E-state index in [4.69, 9.17) is 16.7 Å². The summed E-state index contributed by atoms with van der Waals surface area (Å²) < 4.78 is 0. The maximum atomic E-state index is 11.2. The number of halogens is 1. The highest BCUT2D eigenvalue weighted by Crippen LogP contribution is 2.17. The maximum Gasteiger partial charge on any atom is 0.337 e. The topological polar surface area (TPSA) is 94.6 Å². The molecule has 0 aliphatic rings. The normalized spacial score (nSPS) is 9.84. The van der Waals surface area contributed by atoms with Crippen LogP contribution in [0.25, 0.3) is 0 Å². The molecular formula is C11H15ClN4O3. The Morgan fingerprint density at radius 2 is 2.11 bits per heavy atom. The lowest BCUT2D eigenvalue weighted by Gasteiger charge is -2.12. The molecule has 0 spiro atoms. The molecule has 1 aromatic heterocycles. The van der Waals surface area contributed by atoms with Gasteiger partial charge in [-0.2, -0.15) is 0 Å². The van der Waals surface area contributed by atoms with Crippen LogP contribution in [-0.4, -0.2) is 54.2 Å². The van der Waals surface area contributed by atoms with Gasteiger partial charge in [0.25, 0.3) is 0 Å². The Labute approximate surface area is 115 Å². The molecular weight excluding hydrogens is 272 g/mol. The van der Waals surface area contributed by atoms with Crippen LogP contribution in [0.3, 0.4) is 0 Å². The lowest BCUT2D eigenvalue weighted by Crippen LogP contribution is -2.37. The number of carbonyl (C=O) groups excluding carboxylic acids is 1. The van der Waals surface area contributed by atoms with Crippen molar-refractivity contribution < 1.29 is 14.7 Å². The van der Waals surface area contributed by atoms with Gasteiger partial charge < -0.3 is 20.6 Å². The zero-order valence-corrected chi connectivity index (χ0v) is 11.4. The van der Waals surface area contributed by atoms with Crippen LogP contribution in [0.4, 0.5) is 10.6 Å². The average molecular weight is 287 g/mol. The third-order valence-corrected chi connectivity index (χ3v) is 2.50. The van der Waals surface area contributed by atoms with Crippen LogP contribution in [0, 0.1) is 0 Å². The van der Waals surface area contributed by atoms with Gasteiger partial charge in [0, 0.05) is 33.4 Å². The van der Waals surface area contributed by atoms with E-state index in [1.807, 2.05) is 0 Å². The highest BCUT2D eigenvalue weighted by atomic mass is 35.5. The number of nitrogens with one attached hydrogen (secondary N) is 2. The van der Waals surface area contributed by atoms with Crippen LogP contribution in [0.2, 0.25) is 5.02 Å². The van der Waals surface area contributed by atoms with Gasteiger partial charge in [-0.25, -0.2) is 14.6 Å². The lowest BCUT2D eigenvalue weighted by molar-refractivity contribution is 0.0697. The smallest absolute Gasteiger partial charge is 0.337 e. The number of nitrogens with zero attached hydrogens (tertiary/aromatic N) is 2. The van der Waals surface area contributed by atoms with Crippen LogP contribution in [0.5, 0.6) is 0 Å². The summed E-state index contributed by atoms with van der Waals surface area (Å²) in [7, 11) is 3.28. The second-order valence-corrected chi connectivity index (χ2v) is 4.31. The van der Waals surface area contributed by atoms with Crippen molar-refractivity contribution in [3.05, 3.63) is 22.8 Å². The molecule has 0 aliphatic carbocycles. The predicted octanol–water partition coefficient (Wildman–Crippen LogP) is 1.12. The number of carboxylic acids is 1. The zero-order chi connectivity index (χ0) is 14.4. The summed E-state index contributed by atoms with van der Waals surface area (Å²) in [5.74, 6) is -0.725. The SMILES string of the molecule is CN(C)C(=O)NCCNc1cc(C(=O)O)c(Cl)cn1. The monoisotopic (exact) mass is 286 g/mol. The Balaban J connectivity index is 2.48. The number of hydrogen-bond donors (Lipinski definition) is 3. The van der Waals surface area contributed by atoms with Gasteiger partial charge in [-0.15, -0.1) is 0 Å². The van der Waals surface area contributed by atoms with E-state index < -0.39 is 5.97 Å². The largest absolute Gasteiger partial charge is 0.478 e. The molecule has 8 heteroatoms. The molecule has 1 heterocycles. The maximum absolute atomic E-state index is 11.2. The molecule has 0 unspecified atom stereocenters. The molecule has 1 aromatic rings. The van der Waals surface area contributed by atoms with Crippen LogP contribution in [0.1, 0.15) is 10.4 Å². The predicted molar refractivity (Wildman–Crippen MR) is 71.8 cm³/mol. The Morgan fingerprint density at radius 1 is 1.42 bits per heavy atom. The van der Waals surface area contributed by atoms with Crippen LogP contribution in [0.15, 0.2) is 12.3 Å². The second-order valence-electron chi connectivity index (χ2n) is 3.91. The van der Waals surface area contributed by atoms with Gasteiger partial charge in [0.05, 0.1) is 10.6 Å². The number of aromatic nitrogens is 1. The molecule has 0 radical (unpaired) electrons. The summed E-state index contributed by atoms with van der Waals surface area (Å²) in [6.07, 6.45) is 1.27. The molecule has 7 nitrogen and oxygen atoms in total. The molecule has 1 rings (SSSR count). The van der Waals surface area contributed by atoms with E-state index in [9.17, 15) is 9.59 Å². The average Bonchev–Trinajstić information content (AvgIpc) is 2.35. The second kappa shape index (κ2) is 6.79. The van der Waals surface area contributed by atoms with Gasteiger partial charge >= 0.3 is 12.0 Å². The molecule has 0 aliphatic heterocycles. The first-order valence-electron chi connectivity index (χ1n) is 5.49. The summed E-state index contributed by atoms with van der Waals surface area (Å²) in [6, 6.07) is 1.15. The van der Waals surface area contributed by atoms with Crippen molar-refractivity contribution in [1.29, 1.82) is 0 Å². The number of aromatic carboxylic acids is 1. The molecule has 0 atom stereocenters. The molecule has 0 bridgehead atoms. The van der Waals surface area contributed by atoms with Gasteiger partial charge in [-0.05, 0) is 6.07 Å². The number of pyridine rings is 1. The number of anilines is 1. The van der Waals surface area contributed by atoms with Crippen molar-refractivity contribution in [2.75, 3.05) is 32.5 Å². The molecule has 0 fully saturated rings. The zero-order valence-electron chi connectivity index (χ0n) is 10.6. The van der Waals surface area contributed by atoms with Crippen molar-refractivity contribution >= 4 is 29.4 Å². The standard InChI is InChI=1S/C11H15ClN4O3/c1-16(2)11(19)14-4-3-13-9-5-7(10(17)18)8(12)6-15-9/h5-6H,3-4H2,1-2H3,(H,13,15)(H,14,19)(H,17,18). The summed E-state index contributed by atoms with van der Waals surface area (Å²) in [5, 5.41) is 14.5. The van der Waals surface area contributed by atoms with Crippen molar-refractivity contribution in [3.8, 4) is 0 Å². The summed E-state index contributed by atoms with van der Waals surface area (Å²) in [6.45, 7) is 0.816. The van der Waals surface area contributed by atoms with E-state index in [1.165, 1.54) is 17.2 Å². The number of carboxylic acid groups (broad SMARTS) is 1. The molecule has 0 saturated carbocycles. The van der Waals surface area contributed by atoms with E-state index in [1.54, 1.807) is 14.1 Å². The minimum atomic E-state index is -1.11. The molecule has 0 aromatic carbocycles. The quantitative estimate of drug-likeness (QED) is 0.705. The fourth-order valence-electron chi connectivity index (χ4n) is 1.22. The number of amides is 2. The summed E-state index contributed by atoms with van der Waals surface area (Å²) >= 11 is 5.70. The minimum Gasteiger partial charge on any atom is -0.478 e. The Bertz CT molecular complexity index is 479. The molecule has 0 saturated heterocycles. The van der Waals surface area contributed by atoms with E-state index >= 15 is 0 Å². The third kappa shape index (κ3) is 4.63. The van der Waals surface area contributed by atoms with E-state index in [0.717, 1.165) is 0 Å². The van der Waals surface area contributed by atoms with Crippen LogP contribution in [-0.2, 0) is 0 Å². The fourth-order valence-corrected chi connectivity index (χ4v) is 1.40. The van der Waals surface area contributed by atoms with Gasteiger partial charge in [0.15, 0.2) is 0 Å². The van der Waals surface area contributed by atoms with Crippen molar-refractivity contribution in [1.82, 2.24) is 15.2 Å². The fraction of sp³-hybridized carbons (Fsp3) is 0.364. The Hall–Kier alpha value is -2.02. The molecule has 104 valence electrons. The summed E-state index contributed by atoms with van der Waals surface area (Å²) in [4.78, 5) is 27.4. The Kier molecular flexibility index (Phi) is 5.37. The van der Waals surface area contributed by atoms with Gasteiger partial charge in [-0.1, -0.05) is 11.6 Å². The van der Waals surface area contributed by atoms with Crippen LogP contribution < -0.4 is 10.6 Å². The Morgan fingerprint density at radius 3 is 2.68 bits per heavy atom. The van der Waals surface area contributed by atoms with Crippen LogP contribution >= 0.6 is 11.6 Å². The molecule has 19 heavy (non-hydrogen) atoms. The first kappa shape index (κ1) is 15.0. The number of carbonyl (C=O) groups is 2. The van der Waals surface area contributed by atoms with Crippen molar-refractivity contribution in [2.24, 2.45) is 0 Å². The van der Waals surface area contributed by atoms with E-state index in [2.05, 4.69) is 15.6 Å². The van der Waals surface area contributed by atoms with Crippen molar-refractivity contribution in [3.63, 3.8) is 0 Å². The minimum absolute atomic E-state index is 0.0171. The number of urea groups is 1. The number of rotatable bonds is 5. The van der Waals surface area contributed by atoms with Gasteiger partial charge in [0.2, 0.25) is 0 Å². The van der Waals surface area contributed by atoms with E-state index in [0.29, 0.717) is 18.9 Å². The molecule has 3 N–H and O–H groups in total. The van der Waals surface area contributed by atoms with E-state index in [-0.39, 0.29) is 16.6 Å². The van der Waals surface area contributed by atoms with Gasteiger partial charge in [-0.3, -0.25) is 0 Å².